The maximum atomic E-state index is 12.0. The summed E-state index contributed by atoms with van der Waals surface area (Å²) >= 11 is 1.82. The lowest BCUT2D eigenvalue weighted by Gasteiger charge is -2.31. The molecule has 0 atom stereocenters. The molecule has 0 saturated carbocycles. The van der Waals surface area contributed by atoms with Gasteiger partial charge in [-0.2, -0.15) is 5.10 Å². The molecule has 27 heavy (non-hydrogen) atoms. The molecular formula is C20H25N5OS. The summed E-state index contributed by atoms with van der Waals surface area (Å²) < 4.78 is 0. The van der Waals surface area contributed by atoms with Crippen molar-refractivity contribution in [1.82, 2.24) is 25.1 Å². The van der Waals surface area contributed by atoms with Gasteiger partial charge in [-0.15, -0.1) is 11.3 Å². The van der Waals surface area contributed by atoms with E-state index in [1.54, 1.807) is 12.3 Å². The van der Waals surface area contributed by atoms with Crippen molar-refractivity contribution >= 4 is 11.3 Å². The van der Waals surface area contributed by atoms with Crippen LogP contribution in [0.3, 0.4) is 0 Å². The van der Waals surface area contributed by atoms with Crippen molar-refractivity contribution in [3.63, 3.8) is 0 Å². The molecule has 1 fully saturated rings. The number of aromatic amines is 2. The zero-order valence-electron chi connectivity index (χ0n) is 15.7. The quantitative estimate of drug-likeness (QED) is 0.704. The summed E-state index contributed by atoms with van der Waals surface area (Å²) in [7, 11) is 0. The van der Waals surface area contributed by atoms with Crippen LogP contribution in [0.4, 0.5) is 0 Å². The van der Waals surface area contributed by atoms with Crippen LogP contribution >= 0.6 is 11.3 Å². The number of rotatable bonds is 5. The lowest BCUT2D eigenvalue weighted by molar-refractivity contribution is 0.204. The average molecular weight is 384 g/mol. The number of nitrogens with zero attached hydrogens (tertiary/aromatic N) is 3. The predicted octanol–water partition coefficient (Wildman–Crippen LogP) is 3.72. The third-order valence-electron chi connectivity index (χ3n) is 5.14. The molecule has 1 aliphatic rings. The van der Waals surface area contributed by atoms with Crippen molar-refractivity contribution in [1.29, 1.82) is 0 Å². The third kappa shape index (κ3) is 4.20. The minimum Gasteiger partial charge on any atom is -0.310 e. The van der Waals surface area contributed by atoms with Crippen molar-refractivity contribution in [2.45, 2.75) is 45.1 Å². The normalized spacial score (nSPS) is 16.3. The van der Waals surface area contributed by atoms with Crippen molar-refractivity contribution in [3.8, 4) is 10.6 Å². The summed E-state index contributed by atoms with van der Waals surface area (Å²) in [6, 6.07) is 8.05. The van der Waals surface area contributed by atoms with Crippen molar-refractivity contribution in [2.75, 3.05) is 13.1 Å². The van der Waals surface area contributed by atoms with E-state index >= 15 is 0 Å². The average Bonchev–Trinajstić information content (AvgIpc) is 3.33. The second-order valence-electron chi connectivity index (χ2n) is 7.50. The van der Waals surface area contributed by atoms with E-state index in [2.05, 4.69) is 46.1 Å². The smallest absolute Gasteiger partial charge is 0.251 e. The predicted molar refractivity (Wildman–Crippen MR) is 108 cm³/mol. The molecule has 4 heterocycles. The molecule has 3 aromatic rings. The molecular weight excluding hydrogens is 358 g/mol. The van der Waals surface area contributed by atoms with Crippen molar-refractivity contribution < 1.29 is 0 Å². The Morgan fingerprint density at radius 3 is 2.78 bits per heavy atom. The molecule has 142 valence electrons. The fourth-order valence-electron chi connectivity index (χ4n) is 3.59. The molecule has 3 aromatic heterocycles. The minimum atomic E-state index is -0.0314. The molecule has 7 heteroatoms. The highest BCUT2D eigenvalue weighted by Crippen LogP contribution is 2.30. The Bertz CT molecular complexity index is 935. The molecule has 4 rings (SSSR count). The van der Waals surface area contributed by atoms with E-state index < -0.39 is 0 Å². The summed E-state index contributed by atoms with van der Waals surface area (Å²) in [6.45, 7) is 7.17. The van der Waals surface area contributed by atoms with Crippen LogP contribution in [0.1, 0.15) is 54.9 Å². The van der Waals surface area contributed by atoms with Gasteiger partial charge in [0.25, 0.3) is 5.56 Å². The van der Waals surface area contributed by atoms with E-state index in [1.165, 1.54) is 9.75 Å². The Hall–Kier alpha value is -2.25. The Balaban J connectivity index is 1.37. The lowest BCUT2D eigenvalue weighted by Crippen LogP contribution is -2.33. The molecule has 0 bridgehead atoms. The summed E-state index contributed by atoms with van der Waals surface area (Å²) in [6.07, 6.45) is 3.88. The van der Waals surface area contributed by atoms with Crippen LogP contribution in [0.15, 0.2) is 35.3 Å². The second kappa shape index (κ2) is 7.78. The summed E-state index contributed by atoms with van der Waals surface area (Å²) in [5, 5.41) is 7.05. The molecule has 2 N–H and O–H groups in total. The molecule has 0 aliphatic carbocycles. The SMILES string of the molecule is CC(C)c1nc(C2CCN(Cc3ccc(-c4ccn[nH]4)s3)CC2)cc(=O)[nH]1. The van der Waals surface area contributed by atoms with Gasteiger partial charge >= 0.3 is 0 Å². The van der Waals surface area contributed by atoms with Gasteiger partial charge in [0.05, 0.1) is 16.3 Å². The molecule has 0 spiro atoms. The van der Waals surface area contributed by atoms with Gasteiger partial charge in [-0.1, -0.05) is 13.8 Å². The monoisotopic (exact) mass is 383 g/mol. The van der Waals surface area contributed by atoms with E-state index in [1.807, 2.05) is 17.4 Å². The van der Waals surface area contributed by atoms with E-state index in [0.717, 1.165) is 49.7 Å². The number of piperidine rings is 1. The third-order valence-corrected chi connectivity index (χ3v) is 6.24. The molecule has 1 saturated heterocycles. The maximum Gasteiger partial charge on any atom is 0.251 e. The number of nitrogens with one attached hydrogen (secondary N) is 2. The van der Waals surface area contributed by atoms with Gasteiger partial charge in [-0.25, -0.2) is 4.98 Å². The molecule has 6 nitrogen and oxygen atoms in total. The van der Waals surface area contributed by atoms with Crippen LogP contribution in [0.25, 0.3) is 10.6 Å². The molecule has 0 amide bonds. The molecule has 0 unspecified atom stereocenters. The zero-order chi connectivity index (χ0) is 18.8. The number of aromatic nitrogens is 4. The van der Waals surface area contributed by atoms with Gasteiger partial charge in [0, 0.05) is 35.5 Å². The number of thiophene rings is 1. The highest BCUT2D eigenvalue weighted by atomic mass is 32.1. The maximum absolute atomic E-state index is 12.0. The first-order valence-corrected chi connectivity index (χ1v) is 10.3. The highest BCUT2D eigenvalue weighted by molar-refractivity contribution is 7.15. The van der Waals surface area contributed by atoms with Gasteiger partial charge in [0.15, 0.2) is 0 Å². The summed E-state index contributed by atoms with van der Waals surface area (Å²) in [4.78, 5) is 24.6. The first kappa shape index (κ1) is 18.1. The minimum absolute atomic E-state index is 0.0314. The van der Waals surface area contributed by atoms with Crippen molar-refractivity contribution in [3.05, 3.63) is 57.2 Å². The van der Waals surface area contributed by atoms with Crippen LogP contribution in [0.2, 0.25) is 0 Å². The molecule has 0 aromatic carbocycles. The standard InChI is InChI=1S/C20H25N5OS/c1-13(2)20-22-17(11-19(26)23-20)14-6-9-25(10-7-14)12-15-3-4-18(27-15)16-5-8-21-24-16/h3-5,8,11,13-14H,6-7,9-10,12H2,1-2H3,(H,21,24)(H,22,23,26). The first-order chi connectivity index (χ1) is 13.1. The topological polar surface area (TPSA) is 77.7 Å². The van der Waals surface area contributed by atoms with E-state index in [-0.39, 0.29) is 11.5 Å². The Morgan fingerprint density at radius 2 is 2.07 bits per heavy atom. The van der Waals surface area contributed by atoms with Gasteiger partial charge in [-0.05, 0) is 44.1 Å². The second-order valence-corrected chi connectivity index (χ2v) is 8.67. The van der Waals surface area contributed by atoms with E-state index in [0.29, 0.717) is 5.92 Å². The number of hydrogen-bond acceptors (Lipinski definition) is 5. The lowest BCUT2D eigenvalue weighted by atomic mass is 9.93. The van der Waals surface area contributed by atoms with Crippen LogP contribution in [-0.4, -0.2) is 38.2 Å². The fourth-order valence-corrected chi connectivity index (χ4v) is 4.61. The summed E-state index contributed by atoms with van der Waals surface area (Å²) in [5.74, 6) is 1.41. The van der Waals surface area contributed by atoms with Crippen LogP contribution in [0.5, 0.6) is 0 Å². The van der Waals surface area contributed by atoms with Gasteiger partial charge in [0.2, 0.25) is 0 Å². The fraction of sp³-hybridized carbons (Fsp3) is 0.450. The number of likely N-dealkylation sites (tertiary alicyclic amines) is 1. The van der Waals surface area contributed by atoms with Crippen LogP contribution < -0.4 is 5.56 Å². The molecule has 0 radical (unpaired) electrons. The Kier molecular flexibility index (Phi) is 5.22. The first-order valence-electron chi connectivity index (χ1n) is 9.50. The largest absolute Gasteiger partial charge is 0.310 e. The number of H-pyrrole nitrogens is 2. The number of hydrogen-bond donors (Lipinski definition) is 2. The highest BCUT2D eigenvalue weighted by Gasteiger charge is 2.23. The summed E-state index contributed by atoms with van der Waals surface area (Å²) in [5.41, 5.74) is 2.00. The Labute approximate surface area is 162 Å². The van der Waals surface area contributed by atoms with Gasteiger partial charge in [0.1, 0.15) is 5.82 Å². The van der Waals surface area contributed by atoms with Crippen molar-refractivity contribution in [2.24, 2.45) is 0 Å². The van der Waals surface area contributed by atoms with Crippen LogP contribution in [0, 0.1) is 0 Å². The van der Waals surface area contributed by atoms with Gasteiger partial charge < -0.3 is 4.98 Å². The zero-order valence-corrected chi connectivity index (χ0v) is 16.6. The Morgan fingerprint density at radius 1 is 1.26 bits per heavy atom. The van der Waals surface area contributed by atoms with Gasteiger partial charge in [-0.3, -0.25) is 14.8 Å². The van der Waals surface area contributed by atoms with E-state index in [4.69, 9.17) is 4.98 Å². The van der Waals surface area contributed by atoms with E-state index in [9.17, 15) is 4.79 Å². The molecule has 1 aliphatic heterocycles. The van der Waals surface area contributed by atoms with Crippen LogP contribution in [-0.2, 0) is 6.54 Å².